The summed E-state index contributed by atoms with van der Waals surface area (Å²) < 4.78 is 7.47. The highest BCUT2D eigenvalue weighted by molar-refractivity contribution is 5.94. The molecule has 2 aromatic rings. The Morgan fingerprint density at radius 2 is 2.15 bits per heavy atom. The van der Waals surface area contributed by atoms with E-state index in [2.05, 4.69) is 9.88 Å². The van der Waals surface area contributed by atoms with Crippen LogP contribution in [0, 0.1) is 0 Å². The van der Waals surface area contributed by atoms with E-state index in [1.807, 2.05) is 26.2 Å². The first-order chi connectivity index (χ1) is 12.4. The molecule has 0 aromatic carbocycles. The van der Waals surface area contributed by atoms with Gasteiger partial charge in [-0.3, -0.25) is 14.6 Å². The molecule has 1 fully saturated rings. The van der Waals surface area contributed by atoms with Crippen molar-refractivity contribution in [3.05, 3.63) is 58.3 Å². The van der Waals surface area contributed by atoms with E-state index in [-0.39, 0.29) is 17.6 Å². The number of carbonyl (C=O) groups is 1. The van der Waals surface area contributed by atoms with Crippen molar-refractivity contribution in [3.8, 4) is 5.75 Å². The van der Waals surface area contributed by atoms with Gasteiger partial charge in [0.25, 0.3) is 5.91 Å². The third-order valence-electron chi connectivity index (χ3n) is 4.33. The van der Waals surface area contributed by atoms with Crippen LogP contribution in [0.3, 0.4) is 0 Å². The van der Waals surface area contributed by atoms with E-state index < -0.39 is 0 Å². The van der Waals surface area contributed by atoms with Crippen molar-refractivity contribution in [2.75, 3.05) is 27.2 Å². The van der Waals surface area contributed by atoms with Gasteiger partial charge < -0.3 is 19.1 Å². The topological polar surface area (TPSA) is 67.7 Å². The number of hydrogen-bond donors (Lipinski definition) is 0. The summed E-state index contributed by atoms with van der Waals surface area (Å²) in [5.74, 6) is 0.702. The molecule has 3 rings (SSSR count). The lowest BCUT2D eigenvalue weighted by Crippen LogP contribution is -2.32. The van der Waals surface area contributed by atoms with Gasteiger partial charge in [-0.2, -0.15) is 0 Å². The monoisotopic (exact) mass is 356 g/mol. The number of ether oxygens (including phenoxy) is 1. The van der Waals surface area contributed by atoms with E-state index in [1.165, 1.54) is 10.6 Å². The van der Waals surface area contributed by atoms with Crippen molar-refractivity contribution in [2.45, 2.75) is 19.1 Å². The van der Waals surface area contributed by atoms with Crippen LogP contribution in [0.4, 0.5) is 0 Å². The van der Waals surface area contributed by atoms with Crippen LogP contribution in [-0.2, 0) is 13.6 Å². The molecule has 0 saturated carbocycles. The predicted molar refractivity (Wildman–Crippen MR) is 98.2 cm³/mol. The summed E-state index contributed by atoms with van der Waals surface area (Å²) in [6, 6.07) is 6.78. The highest BCUT2D eigenvalue weighted by atomic mass is 16.5. The Bertz CT molecular complexity index is 847. The molecule has 1 saturated heterocycles. The average Bonchev–Trinajstić information content (AvgIpc) is 3.05. The molecule has 0 spiro atoms. The summed E-state index contributed by atoms with van der Waals surface area (Å²) in [6.07, 6.45) is 4.07. The molecule has 138 valence electrons. The largest absolute Gasteiger partial charge is 0.488 e. The molecule has 0 aliphatic carbocycles. The minimum atomic E-state index is -0.129. The molecule has 7 nitrogen and oxygen atoms in total. The molecule has 1 unspecified atom stereocenters. The maximum atomic E-state index is 12.6. The van der Waals surface area contributed by atoms with E-state index in [4.69, 9.17) is 4.74 Å². The number of aromatic nitrogens is 2. The molecule has 2 aromatic heterocycles. The normalized spacial score (nSPS) is 16.9. The third kappa shape index (κ3) is 4.29. The summed E-state index contributed by atoms with van der Waals surface area (Å²) >= 11 is 0. The molecule has 1 atom stereocenters. The molecule has 0 bridgehead atoms. The van der Waals surface area contributed by atoms with Gasteiger partial charge in [0.2, 0.25) is 5.56 Å². The summed E-state index contributed by atoms with van der Waals surface area (Å²) in [7, 11) is 5.63. The molecule has 0 N–H and O–H groups in total. The fourth-order valence-corrected chi connectivity index (χ4v) is 3.04. The second-order valence-electron chi connectivity index (χ2n) is 6.87. The first kappa shape index (κ1) is 18.1. The zero-order valence-corrected chi connectivity index (χ0v) is 15.4. The highest BCUT2D eigenvalue weighted by Crippen LogP contribution is 2.20. The molecule has 26 heavy (non-hydrogen) atoms. The minimum absolute atomic E-state index is 0.0407. The van der Waals surface area contributed by atoms with Gasteiger partial charge >= 0.3 is 0 Å². The standard InChI is InChI=1S/C19H24N4O3/c1-21(2)12-15-10-16(6-8-20-15)26-17-7-9-23(13-17)19(25)14-4-5-18(24)22(3)11-14/h4-6,8,10-11,17H,7,9,12-13H2,1-3H3. The highest BCUT2D eigenvalue weighted by Gasteiger charge is 2.28. The smallest absolute Gasteiger partial charge is 0.255 e. The predicted octanol–water partition coefficient (Wildman–Crippen LogP) is 1.14. The second-order valence-corrected chi connectivity index (χ2v) is 6.87. The molecular formula is C19H24N4O3. The van der Waals surface area contributed by atoms with Crippen LogP contribution in [-0.4, -0.2) is 58.5 Å². The van der Waals surface area contributed by atoms with Crippen molar-refractivity contribution < 1.29 is 9.53 Å². The van der Waals surface area contributed by atoms with Crippen LogP contribution in [0.2, 0.25) is 0 Å². The van der Waals surface area contributed by atoms with Crippen LogP contribution < -0.4 is 10.3 Å². The lowest BCUT2D eigenvalue weighted by Gasteiger charge is -2.18. The van der Waals surface area contributed by atoms with Crippen molar-refractivity contribution in [2.24, 2.45) is 7.05 Å². The van der Waals surface area contributed by atoms with Crippen LogP contribution in [0.5, 0.6) is 5.75 Å². The van der Waals surface area contributed by atoms with E-state index in [0.717, 1.165) is 24.4 Å². The molecule has 3 heterocycles. The van der Waals surface area contributed by atoms with Crippen LogP contribution in [0.1, 0.15) is 22.5 Å². The molecule has 1 aliphatic rings. The summed E-state index contributed by atoms with van der Waals surface area (Å²) in [5.41, 5.74) is 1.34. The van der Waals surface area contributed by atoms with Crippen molar-refractivity contribution >= 4 is 5.91 Å². The number of pyridine rings is 2. The Morgan fingerprint density at radius 1 is 1.35 bits per heavy atom. The number of carbonyl (C=O) groups excluding carboxylic acids is 1. The fraction of sp³-hybridized carbons (Fsp3) is 0.421. The zero-order chi connectivity index (χ0) is 18.7. The summed E-state index contributed by atoms with van der Waals surface area (Å²) in [6.45, 7) is 1.92. The van der Waals surface area contributed by atoms with Gasteiger partial charge in [0.15, 0.2) is 0 Å². The van der Waals surface area contributed by atoms with Gasteiger partial charge in [0, 0.05) is 51.1 Å². The van der Waals surface area contributed by atoms with Gasteiger partial charge in [0.1, 0.15) is 11.9 Å². The second kappa shape index (κ2) is 7.70. The Morgan fingerprint density at radius 3 is 2.88 bits per heavy atom. The first-order valence-electron chi connectivity index (χ1n) is 8.64. The van der Waals surface area contributed by atoms with Gasteiger partial charge in [-0.25, -0.2) is 0 Å². The van der Waals surface area contributed by atoms with Gasteiger partial charge in [-0.15, -0.1) is 0 Å². The number of amides is 1. The molecule has 1 amide bonds. The summed E-state index contributed by atoms with van der Waals surface area (Å²) in [5, 5.41) is 0. The molecule has 1 aliphatic heterocycles. The Hall–Kier alpha value is -2.67. The Kier molecular flexibility index (Phi) is 5.37. The lowest BCUT2D eigenvalue weighted by molar-refractivity contribution is 0.0771. The van der Waals surface area contributed by atoms with Crippen LogP contribution in [0.25, 0.3) is 0 Å². The maximum absolute atomic E-state index is 12.6. The fourth-order valence-electron chi connectivity index (χ4n) is 3.04. The first-order valence-corrected chi connectivity index (χ1v) is 8.64. The third-order valence-corrected chi connectivity index (χ3v) is 4.33. The minimum Gasteiger partial charge on any atom is -0.488 e. The van der Waals surface area contributed by atoms with Crippen LogP contribution >= 0.6 is 0 Å². The molecular weight excluding hydrogens is 332 g/mol. The van der Waals surface area contributed by atoms with E-state index in [0.29, 0.717) is 18.7 Å². The van der Waals surface area contributed by atoms with Gasteiger partial charge in [-0.05, 0) is 26.2 Å². The van der Waals surface area contributed by atoms with E-state index in [9.17, 15) is 9.59 Å². The Labute approximate surface area is 152 Å². The van der Waals surface area contributed by atoms with Crippen LogP contribution in [0.15, 0.2) is 41.5 Å². The van der Waals surface area contributed by atoms with Crippen molar-refractivity contribution in [3.63, 3.8) is 0 Å². The number of hydrogen-bond acceptors (Lipinski definition) is 5. The quantitative estimate of drug-likeness (QED) is 0.804. The molecule has 0 radical (unpaired) electrons. The maximum Gasteiger partial charge on any atom is 0.255 e. The number of nitrogens with zero attached hydrogens (tertiary/aromatic N) is 4. The summed E-state index contributed by atoms with van der Waals surface area (Å²) in [4.78, 5) is 32.3. The number of aryl methyl sites for hydroxylation is 1. The molecule has 7 heteroatoms. The average molecular weight is 356 g/mol. The van der Waals surface area contributed by atoms with E-state index >= 15 is 0 Å². The van der Waals surface area contributed by atoms with Crippen molar-refractivity contribution in [1.82, 2.24) is 19.4 Å². The number of likely N-dealkylation sites (tertiary alicyclic amines) is 1. The van der Waals surface area contributed by atoms with Gasteiger partial charge in [0.05, 0.1) is 17.8 Å². The van der Waals surface area contributed by atoms with Crippen molar-refractivity contribution in [1.29, 1.82) is 0 Å². The lowest BCUT2D eigenvalue weighted by atomic mass is 10.2. The van der Waals surface area contributed by atoms with E-state index in [1.54, 1.807) is 30.4 Å². The SMILES string of the molecule is CN(C)Cc1cc(OC2CCN(C(=O)c3ccc(=O)n(C)c3)C2)ccn1. The number of rotatable bonds is 5. The zero-order valence-electron chi connectivity index (χ0n) is 15.4. The Balaban J connectivity index is 1.62. The van der Waals surface area contributed by atoms with Gasteiger partial charge in [-0.1, -0.05) is 0 Å².